The average molecular weight is 268 g/mol. The molecule has 1 aromatic carbocycles. The molecule has 5 nitrogen and oxygen atoms in total. The maximum absolute atomic E-state index is 11.1. The van der Waals surface area contributed by atoms with Gasteiger partial charge in [0.25, 0.3) is 0 Å². The Bertz CT molecular complexity index is 382. The van der Waals surface area contributed by atoms with Crippen molar-refractivity contribution in [2.24, 2.45) is 5.73 Å². The number of methoxy groups -OCH3 is 1. The van der Waals surface area contributed by atoms with Crippen LogP contribution < -0.4 is 10.5 Å². The molecule has 1 atom stereocenters. The third-order valence-corrected chi connectivity index (χ3v) is 3.43. The Morgan fingerprint density at radius 1 is 1.50 bits per heavy atom. The lowest BCUT2D eigenvalue weighted by atomic mass is 10.1. The first-order valence-corrected chi connectivity index (χ1v) is 6.06. The number of hydrogen-bond donors (Lipinski definition) is 3. The van der Waals surface area contributed by atoms with Crippen LogP contribution in [0.4, 0.5) is 0 Å². The number of benzene rings is 1. The number of ether oxygens (including phenoxy) is 1. The molecule has 7 heteroatoms. The largest absolute Gasteiger partial charge is 0.497 e. The molecule has 0 fully saturated rings. The van der Waals surface area contributed by atoms with E-state index >= 15 is 0 Å². The van der Waals surface area contributed by atoms with E-state index in [0.29, 0.717) is 11.3 Å². The van der Waals surface area contributed by atoms with Gasteiger partial charge in [-0.2, -0.15) is 0 Å². The van der Waals surface area contributed by atoms with Crippen molar-refractivity contribution < 1.29 is 19.1 Å². The lowest BCUT2D eigenvalue weighted by Crippen LogP contribution is -2.12. The van der Waals surface area contributed by atoms with Crippen LogP contribution in [-0.2, 0) is 4.57 Å². The quantitative estimate of drug-likeness (QED) is 0.715. The normalized spacial score (nSPS) is 12.8. The molecule has 0 amide bonds. The SMILES string of the molecule is COc1cccc(C(CN)P(=O)(O)O)c1.Cl. The van der Waals surface area contributed by atoms with Crippen LogP contribution in [0, 0.1) is 0 Å². The summed E-state index contributed by atoms with van der Waals surface area (Å²) >= 11 is 0. The molecule has 0 aliphatic carbocycles. The fourth-order valence-corrected chi connectivity index (χ4v) is 2.14. The average Bonchev–Trinajstić information content (AvgIpc) is 2.17. The molecule has 4 N–H and O–H groups in total. The van der Waals surface area contributed by atoms with Gasteiger partial charge >= 0.3 is 7.60 Å². The molecule has 92 valence electrons. The molecule has 0 spiro atoms. The topological polar surface area (TPSA) is 92.8 Å². The second-order valence-electron chi connectivity index (χ2n) is 3.12. The van der Waals surface area contributed by atoms with E-state index in [2.05, 4.69) is 0 Å². The van der Waals surface area contributed by atoms with E-state index in [4.69, 9.17) is 20.3 Å². The summed E-state index contributed by atoms with van der Waals surface area (Å²) in [6, 6.07) is 6.58. The maximum Gasteiger partial charge on any atom is 0.334 e. The van der Waals surface area contributed by atoms with Crippen molar-refractivity contribution in [2.75, 3.05) is 13.7 Å². The van der Waals surface area contributed by atoms with E-state index < -0.39 is 13.3 Å². The predicted molar refractivity (Wildman–Crippen MR) is 64.1 cm³/mol. The molecule has 0 aromatic heterocycles. The van der Waals surface area contributed by atoms with Gasteiger partial charge in [-0.15, -0.1) is 12.4 Å². The standard InChI is InChI=1S/C9H14NO4P.ClH/c1-14-8-4-2-3-7(5-8)9(6-10)15(11,12)13;/h2-5,9H,6,10H2,1H3,(H2,11,12,13);1H. The second kappa shape index (κ2) is 6.23. The highest BCUT2D eigenvalue weighted by molar-refractivity contribution is 7.52. The first-order chi connectivity index (χ1) is 6.99. The van der Waals surface area contributed by atoms with E-state index in [9.17, 15) is 4.57 Å². The van der Waals surface area contributed by atoms with Crippen molar-refractivity contribution in [2.45, 2.75) is 5.66 Å². The van der Waals surface area contributed by atoms with Crippen LogP contribution in [0.5, 0.6) is 5.75 Å². The number of hydrogen-bond acceptors (Lipinski definition) is 3. The molecule has 1 unspecified atom stereocenters. The highest BCUT2D eigenvalue weighted by Crippen LogP contribution is 2.51. The number of rotatable bonds is 4. The Kier molecular flexibility index (Phi) is 6.00. The summed E-state index contributed by atoms with van der Waals surface area (Å²) in [5.74, 6) is 0.555. The Morgan fingerprint density at radius 2 is 2.12 bits per heavy atom. The summed E-state index contributed by atoms with van der Waals surface area (Å²) in [4.78, 5) is 18.2. The van der Waals surface area contributed by atoms with Crippen LogP contribution >= 0.6 is 20.0 Å². The van der Waals surface area contributed by atoms with Gasteiger partial charge in [-0.05, 0) is 17.7 Å². The molecule has 0 aliphatic rings. The summed E-state index contributed by atoms with van der Waals surface area (Å²) in [7, 11) is -2.71. The molecular weight excluding hydrogens is 253 g/mol. The summed E-state index contributed by atoms with van der Waals surface area (Å²) < 4.78 is 16.1. The first kappa shape index (κ1) is 15.4. The van der Waals surface area contributed by atoms with Crippen molar-refractivity contribution in [3.05, 3.63) is 29.8 Å². The Hall–Kier alpha value is -0.580. The fraction of sp³-hybridized carbons (Fsp3) is 0.333. The smallest absolute Gasteiger partial charge is 0.334 e. The van der Waals surface area contributed by atoms with Crippen molar-refractivity contribution in [1.29, 1.82) is 0 Å². The number of nitrogens with two attached hydrogens (primary N) is 1. The van der Waals surface area contributed by atoms with Gasteiger partial charge in [0, 0.05) is 6.54 Å². The highest BCUT2D eigenvalue weighted by atomic mass is 35.5. The van der Waals surface area contributed by atoms with Crippen molar-refractivity contribution in [3.8, 4) is 5.75 Å². The molecule has 1 aromatic rings. The van der Waals surface area contributed by atoms with E-state index in [1.807, 2.05) is 0 Å². The van der Waals surface area contributed by atoms with E-state index in [1.54, 1.807) is 24.3 Å². The zero-order valence-corrected chi connectivity index (χ0v) is 10.4. The van der Waals surface area contributed by atoms with Gasteiger partial charge in [-0.25, -0.2) is 0 Å². The molecule has 0 radical (unpaired) electrons. The van der Waals surface area contributed by atoms with Gasteiger partial charge in [-0.1, -0.05) is 12.1 Å². The van der Waals surface area contributed by atoms with Gasteiger partial charge in [0.1, 0.15) is 5.75 Å². The highest BCUT2D eigenvalue weighted by Gasteiger charge is 2.29. The second-order valence-corrected chi connectivity index (χ2v) is 4.92. The summed E-state index contributed by atoms with van der Waals surface area (Å²) in [5.41, 5.74) is 4.88. The Balaban J connectivity index is 0.00000225. The molecule has 0 saturated heterocycles. The molecule has 16 heavy (non-hydrogen) atoms. The molecule has 0 aliphatic heterocycles. The van der Waals surface area contributed by atoms with Crippen LogP contribution in [0.2, 0.25) is 0 Å². The predicted octanol–water partition coefficient (Wildman–Crippen LogP) is 1.29. The zero-order chi connectivity index (χ0) is 11.5. The van der Waals surface area contributed by atoms with Crippen LogP contribution in [-0.4, -0.2) is 23.4 Å². The minimum Gasteiger partial charge on any atom is -0.497 e. The third-order valence-electron chi connectivity index (χ3n) is 2.11. The molecule has 1 rings (SSSR count). The lowest BCUT2D eigenvalue weighted by molar-refractivity contribution is 0.359. The third kappa shape index (κ3) is 3.77. The van der Waals surface area contributed by atoms with Gasteiger partial charge in [0.15, 0.2) is 0 Å². The van der Waals surface area contributed by atoms with Gasteiger partial charge in [-0.3, -0.25) is 4.57 Å². The summed E-state index contributed by atoms with van der Waals surface area (Å²) in [6.45, 7) is -0.0998. The van der Waals surface area contributed by atoms with Gasteiger partial charge in [0.05, 0.1) is 12.8 Å². The van der Waals surface area contributed by atoms with Crippen LogP contribution in [0.15, 0.2) is 24.3 Å². The van der Waals surface area contributed by atoms with Gasteiger partial charge in [0.2, 0.25) is 0 Å². The Labute approximate surface area is 100 Å². The van der Waals surface area contributed by atoms with Crippen LogP contribution in [0.1, 0.15) is 11.2 Å². The maximum atomic E-state index is 11.1. The number of halogens is 1. The molecular formula is C9H15ClNO4P. The first-order valence-electron chi connectivity index (χ1n) is 4.38. The summed E-state index contributed by atoms with van der Waals surface area (Å²) in [6.07, 6.45) is 0. The summed E-state index contributed by atoms with van der Waals surface area (Å²) in [5, 5.41) is 0. The van der Waals surface area contributed by atoms with Crippen molar-refractivity contribution >= 4 is 20.0 Å². The Morgan fingerprint density at radius 3 is 2.56 bits per heavy atom. The van der Waals surface area contributed by atoms with Crippen molar-refractivity contribution in [1.82, 2.24) is 0 Å². The van der Waals surface area contributed by atoms with E-state index in [0.717, 1.165) is 0 Å². The molecule has 0 heterocycles. The minimum atomic E-state index is -4.21. The molecule has 0 saturated carbocycles. The lowest BCUT2D eigenvalue weighted by Gasteiger charge is -2.17. The fourth-order valence-electron chi connectivity index (χ4n) is 1.32. The van der Waals surface area contributed by atoms with E-state index in [1.165, 1.54) is 7.11 Å². The molecule has 0 bridgehead atoms. The zero-order valence-electron chi connectivity index (χ0n) is 8.74. The monoisotopic (exact) mass is 267 g/mol. The minimum absolute atomic E-state index is 0. The van der Waals surface area contributed by atoms with Crippen molar-refractivity contribution in [3.63, 3.8) is 0 Å². The van der Waals surface area contributed by atoms with Crippen LogP contribution in [0.3, 0.4) is 0 Å². The van der Waals surface area contributed by atoms with Gasteiger partial charge < -0.3 is 20.3 Å². The van der Waals surface area contributed by atoms with E-state index in [-0.39, 0.29) is 19.0 Å². The van der Waals surface area contributed by atoms with Crippen LogP contribution in [0.25, 0.3) is 0 Å².